The summed E-state index contributed by atoms with van der Waals surface area (Å²) in [5.41, 5.74) is 4.48. The Hall–Kier alpha value is -2.14. The summed E-state index contributed by atoms with van der Waals surface area (Å²) in [7, 11) is 2.06. The smallest absolute Gasteiger partial charge is 0.133 e. The van der Waals surface area contributed by atoms with Crippen molar-refractivity contribution in [3.05, 3.63) is 47.8 Å². The molecular formula is C14H15N5. The molecule has 96 valence electrons. The molecule has 2 N–H and O–H groups in total. The minimum atomic E-state index is 0.0763. The van der Waals surface area contributed by atoms with Crippen molar-refractivity contribution < 1.29 is 0 Å². The van der Waals surface area contributed by atoms with Crippen LogP contribution in [0.3, 0.4) is 0 Å². The van der Waals surface area contributed by atoms with Crippen LogP contribution < -0.4 is 5.32 Å². The van der Waals surface area contributed by atoms with Gasteiger partial charge in [-0.15, -0.1) is 0 Å². The van der Waals surface area contributed by atoms with Gasteiger partial charge in [0, 0.05) is 25.7 Å². The number of aromatic amines is 1. The van der Waals surface area contributed by atoms with E-state index in [1.165, 1.54) is 5.69 Å². The van der Waals surface area contributed by atoms with E-state index in [1.54, 1.807) is 6.33 Å². The molecule has 0 saturated carbocycles. The predicted octanol–water partition coefficient (Wildman–Crippen LogP) is 1.53. The molecule has 0 aliphatic carbocycles. The van der Waals surface area contributed by atoms with E-state index in [2.05, 4.69) is 33.0 Å². The van der Waals surface area contributed by atoms with Crippen LogP contribution in [0.5, 0.6) is 0 Å². The number of fused-ring (bicyclic) bond motifs is 2. The molecule has 0 fully saturated rings. The highest BCUT2D eigenvalue weighted by atomic mass is 15.1. The number of aryl methyl sites for hydroxylation is 1. The third-order valence-corrected chi connectivity index (χ3v) is 3.83. The van der Waals surface area contributed by atoms with Crippen molar-refractivity contribution in [1.29, 1.82) is 0 Å². The normalized spacial score (nSPS) is 18.7. The van der Waals surface area contributed by atoms with E-state index < -0.39 is 0 Å². The second kappa shape index (κ2) is 3.93. The molecule has 19 heavy (non-hydrogen) atoms. The summed E-state index contributed by atoms with van der Waals surface area (Å²) in [5.74, 6) is 1.02. The van der Waals surface area contributed by atoms with Crippen LogP contribution in [0.15, 0.2) is 30.6 Å². The van der Waals surface area contributed by atoms with Crippen LogP contribution in [0.25, 0.3) is 11.0 Å². The average Bonchev–Trinajstić information content (AvgIpc) is 3.04. The topological polar surface area (TPSA) is 58.5 Å². The highest BCUT2D eigenvalue weighted by molar-refractivity contribution is 5.76. The van der Waals surface area contributed by atoms with E-state index in [1.807, 2.05) is 18.2 Å². The van der Waals surface area contributed by atoms with E-state index in [0.29, 0.717) is 0 Å². The molecule has 1 aliphatic heterocycles. The first kappa shape index (κ1) is 10.8. The Morgan fingerprint density at radius 1 is 1.32 bits per heavy atom. The zero-order valence-corrected chi connectivity index (χ0v) is 10.7. The summed E-state index contributed by atoms with van der Waals surface area (Å²) in [4.78, 5) is 12.4. The van der Waals surface area contributed by atoms with Crippen molar-refractivity contribution in [3.8, 4) is 0 Å². The summed E-state index contributed by atoms with van der Waals surface area (Å²) >= 11 is 0. The highest BCUT2D eigenvalue weighted by Crippen LogP contribution is 2.27. The summed E-state index contributed by atoms with van der Waals surface area (Å²) in [6.45, 7) is 0.947. The summed E-state index contributed by atoms with van der Waals surface area (Å²) in [6, 6.07) is 8.29. The molecule has 5 heteroatoms. The first-order valence-corrected chi connectivity index (χ1v) is 6.51. The van der Waals surface area contributed by atoms with Crippen LogP contribution in [0, 0.1) is 0 Å². The van der Waals surface area contributed by atoms with E-state index in [-0.39, 0.29) is 6.04 Å². The number of nitrogens with zero attached hydrogens (tertiary/aromatic N) is 3. The van der Waals surface area contributed by atoms with Gasteiger partial charge in [-0.1, -0.05) is 12.1 Å². The van der Waals surface area contributed by atoms with E-state index in [9.17, 15) is 0 Å². The Kier molecular flexibility index (Phi) is 2.22. The molecule has 3 aromatic rings. The molecule has 1 atom stereocenters. The van der Waals surface area contributed by atoms with Gasteiger partial charge in [-0.3, -0.25) is 0 Å². The van der Waals surface area contributed by atoms with Gasteiger partial charge >= 0.3 is 0 Å². The van der Waals surface area contributed by atoms with Gasteiger partial charge in [0.25, 0.3) is 0 Å². The molecule has 0 amide bonds. The number of hydrogen-bond acceptors (Lipinski definition) is 3. The van der Waals surface area contributed by atoms with Crippen LogP contribution in [0.1, 0.15) is 23.3 Å². The number of aromatic nitrogens is 4. The SMILES string of the molecule is Cn1c(C2NCCc3[nH]cnc32)nc2ccccc21. The van der Waals surface area contributed by atoms with Crippen molar-refractivity contribution >= 4 is 11.0 Å². The third-order valence-electron chi connectivity index (χ3n) is 3.83. The lowest BCUT2D eigenvalue weighted by Crippen LogP contribution is -2.32. The van der Waals surface area contributed by atoms with Gasteiger partial charge in [0.1, 0.15) is 11.9 Å². The summed E-state index contributed by atoms with van der Waals surface area (Å²) in [5, 5.41) is 3.51. The van der Waals surface area contributed by atoms with Crippen LogP contribution in [-0.4, -0.2) is 26.1 Å². The summed E-state index contributed by atoms with van der Waals surface area (Å²) in [6.07, 6.45) is 2.77. The predicted molar refractivity (Wildman–Crippen MR) is 72.9 cm³/mol. The van der Waals surface area contributed by atoms with Crippen LogP contribution >= 0.6 is 0 Å². The maximum absolute atomic E-state index is 4.76. The quantitative estimate of drug-likeness (QED) is 0.691. The zero-order valence-electron chi connectivity index (χ0n) is 10.7. The first-order valence-electron chi connectivity index (χ1n) is 6.51. The van der Waals surface area contributed by atoms with Gasteiger partial charge in [-0.2, -0.15) is 0 Å². The van der Waals surface area contributed by atoms with E-state index in [0.717, 1.165) is 35.5 Å². The Labute approximate surface area is 110 Å². The maximum atomic E-state index is 4.76. The Morgan fingerprint density at radius 3 is 3.11 bits per heavy atom. The van der Waals surface area contributed by atoms with Crippen LogP contribution in [-0.2, 0) is 13.5 Å². The molecule has 0 radical (unpaired) electrons. The van der Waals surface area contributed by atoms with Crippen molar-refractivity contribution in [3.63, 3.8) is 0 Å². The fourth-order valence-electron chi connectivity index (χ4n) is 2.85. The summed E-state index contributed by atoms with van der Waals surface area (Å²) < 4.78 is 2.15. The first-order chi connectivity index (χ1) is 9.34. The molecule has 1 aliphatic rings. The van der Waals surface area contributed by atoms with Crippen molar-refractivity contribution in [2.75, 3.05) is 6.54 Å². The number of hydrogen-bond donors (Lipinski definition) is 2. The molecule has 0 saturated heterocycles. The average molecular weight is 253 g/mol. The zero-order chi connectivity index (χ0) is 12.8. The molecule has 1 aromatic carbocycles. The minimum absolute atomic E-state index is 0.0763. The van der Waals surface area contributed by atoms with E-state index >= 15 is 0 Å². The second-order valence-electron chi connectivity index (χ2n) is 4.92. The third kappa shape index (κ3) is 1.51. The van der Waals surface area contributed by atoms with Gasteiger partial charge in [-0.05, 0) is 12.1 Å². The number of para-hydroxylation sites is 2. The fourth-order valence-corrected chi connectivity index (χ4v) is 2.85. The standard InChI is InChI=1S/C14H15N5/c1-19-11-5-3-2-4-9(11)18-14(19)13-12-10(6-7-15-13)16-8-17-12/h2-5,8,13,15H,6-7H2,1H3,(H,16,17). The molecule has 5 nitrogen and oxygen atoms in total. The monoisotopic (exact) mass is 253 g/mol. The number of nitrogens with one attached hydrogen (secondary N) is 2. The maximum Gasteiger partial charge on any atom is 0.133 e. The van der Waals surface area contributed by atoms with Gasteiger partial charge in [0.15, 0.2) is 0 Å². The van der Waals surface area contributed by atoms with Gasteiger partial charge in [-0.25, -0.2) is 9.97 Å². The van der Waals surface area contributed by atoms with Crippen molar-refractivity contribution in [2.24, 2.45) is 7.05 Å². The molecule has 0 spiro atoms. The molecule has 3 heterocycles. The largest absolute Gasteiger partial charge is 0.348 e. The van der Waals surface area contributed by atoms with E-state index in [4.69, 9.17) is 4.98 Å². The number of H-pyrrole nitrogens is 1. The molecule has 0 bridgehead atoms. The van der Waals surface area contributed by atoms with Crippen LogP contribution in [0.2, 0.25) is 0 Å². The Bertz CT molecular complexity index is 739. The molecular weight excluding hydrogens is 238 g/mol. The minimum Gasteiger partial charge on any atom is -0.348 e. The second-order valence-corrected chi connectivity index (χ2v) is 4.92. The number of benzene rings is 1. The lowest BCUT2D eigenvalue weighted by atomic mass is 10.1. The highest BCUT2D eigenvalue weighted by Gasteiger charge is 2.27. The molecule has 1 unspecified atom stereocenters. The van der Waals surface area contributed by atoms with Crippen LogP contribution in [0.4, 0.5) is 0 Å². The van der Waals surface area contributed by atoms with Gasteiger partial charge in [0.05, 0.1) is 23.1 Å². The van der Waals surface area contributed by atoms with Gasteiger partial charge < -0.3 is 14.9 Å². The Balaban J connectivity index is 1.90. The molecule has 2 aromatic heterocycles. The lowest BCUT2D eigenvalue weighted by Gasteiger charge is -2.22. The number of rotatable bonds is 1. The van der Waals surface area contributed by atoms with Gasteiger partial charge in [0.2, 0.25) is 0 Å². The molecule has 4 rings (SSSR count). The van der Waals surface area contributed by atoms with Crippen molar-refractivity contribution in [1.82, 2.24) is 24.8 Å². The number of imidazole rings is 2. The fraction of sp³-hybridized carbons (Fsp3) is 0.286. The lowest BCUT2D eigenvalue weighted by molar-refractivity contribution is 0.520. The van der Waals surface area contributed by atoms with Crippen molar-refractivity contribution in [2.45, 2.75) is 12.5 Å². The Morgan fingerprint density at radius 2 is 2.21 bits per heavy atom.